The van der Waals surface area contributed by atoms with Gasteiger partial charge in [-0.15, -0.1) is 0 Å². The lowest BCUT2D eigenvalue weighted by Crippen LogP contribution is -2.29. The fraction of sp³-hybridized carbons (Fsp3) is 0.192. The third kappa shape index (κ3) is 6.66. The van der Waals surface area contributed by atoms with Gasteiger partial charge in [-0.05, 0) is 55.8 Å². The quantitative estimate of drug-likeness (QED) is 0.131. The van der Waals surface area contributed by atoms with Crippen LogP contribution in [0.1, 0.15) is 19.4 Å². The number of pyridine rings is 1. The highest BCUT2D eigenvalue weighted by Crippen LogP contribution is 2.25. The summed E-state index contributed by atoms with van der Waals surface area (Å²) in [4.78, 5) is 40.6. The second kappa shape index (κ2) is 12.1. The third-order valence-corrected chi connectivity index (χ3v) is 4.92. The van der Waals surface area contributed by atoms with E-state index in [1.54, 1.807) is 63.5 Å². The van der Waals surface area contributed by atoms with Crippen molar-refractivity contribution in [2.24, 2.45) is 0 Å². The number of rotatable bonds is 9. The molecule has 0 saturated carbocycles. The second-order valence-electron chi connectivity index (χ2n) is 7.37. The highest BCUT2D eigenvalue weighted by Gasteiger charge is 2.16. The van der Waals surface area contributed by atoms with Gasteiger partial charge in [0.15, 0.2) is 0 Å². The van der Waals surface area contributed by atoms with Crippen molar-refractivity contribution < 1.29 is 28.7 Å². The Bertz CT molecular complexity index is 1260. The van der Waals surface area contributed by atoms with E-state index in [1.165, 1.54) is 29.2 Å². The van der Waals surface area contributed by atoms with Gasteiger partial charge in [0, 0.05) is 36.6 Å². The van der Waals surface area contributed by atoms with E-state index in [0.717, 1.165) is 5.56 Å². The smallest absolute Gasteiger partial charge is 0.419 e. The first-order valence-electron chi connectivity index (χ1n) is 11.1. The number of nitro benzene ring substituents is 1. The number of non-ortho nitro benzene ring substituents is 1. The minimum absolute atomic E-state index is 0.0973. The molecule has 2 aromatic carbocycles. The average molecular weight is 492 g/mol. The summed E-state index contributed by atoms with van der Waals surface area (Å²) in [6.07, 6.45) is 2.51. The maximum atomic E-state index is 12.6. The number of amides is 1. The Hall–Kier alpha value is -4.73. The van der Waals surface area contributed by atoms with E-state index in [2.05, 4.69) is 4.98 Å². The summed E-state index contributed by atoms with van der Waals surface area (Å²) in [7, 11) is 1.55. The number of hydrogen-bond acceptors (Lipinski definition) is 8. The van der Waals surface area contributed by atoms with Crippen molar-refractivity contribution in [1.29, 1.82) is 0 Å². The summed E-state index contributed by atoms with van der Waals surface area (Å²) < 4.78 is 15.7. The molecule has 3 aromatic rings. The van der Waals surface area contributed by atoms with Crippen molar-refractivity contribution in [3.63, 3.8) is 0 Å². The number of nitrogens with zero attached hydrogens (tertiary/aromatic N) is 3. The highest BCUT2D eigenvalue weighted by atomic mass is 16.6. The monoisotopic (exact) mass is 491 g/mol. The van der Waals surface area contributed by atoms with Crippen LogP contribution in [0.15, 0.2) is 72.6 Å². The first kappa shape index (κ1) is 25.9. The first-order valence-corrected chi connectivity index (χ1v) is 11.1. The maximum Gasteiger partial charge on any atom is 0.419 e. The fourth-order valence-electron chi connectivity index (χ4n) is 3.11. The molecule has 186 valence electrons. The van der Waals surface area contributed by atoms with E-state index in [1.807, 2.05) is 6.07 Å². The lowest BCUT2D eigenvalue weighted by molar-refractivity contribution is -0.384. The van der Waals surface area contributed by atoms with E-state index in [-0.39, 0.29) is 23.8 Å². The summed E-state index contributed by atoms with van der Waals surface area (Å²) in [6, 6.07) is 16.0. The van der Waals surface area contributed by atoms with Gasteiger partial charge in [-0.25, -0.2) is 9.59 Å². The summed E-state index contributed by atoms with van der Waals surface area (Å²) in [5.74, 6) is -0.253. The van der Waals surface area contributed by atoms with Crippen LogP contribution in [0.3, 0.4) is 0 Å². The van der Waals surface area contributed by atoms with Gasteiger partial charge in [0.2, 0.25) is 5.76 Å². The predicted molar refractivity (Wildman–Crippen MR) is 133 cm³/mol. The minimum Gasteiger partial charge on any atom is -0.487 e. The van der Waals surface area contributed by atoms with Gasteiger partial charge < -0.3 is 14.2 Å². The van der Waals surface area contributed by atoms with Crippen LogP contribution in [0.25, 0.3) is 17.3 Å². The van der Waals surface area contributed by atoms with Gasteiger partial charge in [-0.2, -0.15) is 0 Å². The SMILES string of the molecule is CCOC(=O)/C(=C/c1ccc(-c2cccc(N(C)C(=O)Oc3ccc([N+](=O)[O-])cc3)c2)nc1)OCC. The van der Waals surface area contributed by atoms with E-state index < -0.39 is 17.0 Å². The maximum absolute atomic E-state index is 12.6. The van der Waals surface area contributed by atoms with Crippen molar-refractivity contribution >= 4 is 29.5 Å². The molecule has 0 aliphatic rings. The van der Waals surface area contributed by atoms with E-state index in [4.69, 9.17) is 14.2 Å². The zero-order valence-electron chi connectivity index (χ0n) is 20.0. The van der Waals surface area contributed by atoms with Crippen LogP contribution in [0.5, 0.6) is 5.75 Å². The molecule has 36 heavy (non-hydrogen) atoms. The third-order valence-electron chi connectivity index (χ3n) is 4.92. The number of benzene rings is 2. The van der Waals surface area contributed by atoms with Crippen molar-refractivity contribution in [3.05, 3.63) is 88.3 Å². The molecule has 0 unspecified atom stereocenters. The van der Waals surface area contributed by atoms with E-state index in [9.17, 15) is 19.7 Å². The van der Waals surface area contributed by atoms with Crippen LogP contribution in [-0.4, -0.2) is 42.2 Å². The van der Waals surface area contributed by atoms with Crippen LogP contribution in [-0.2, 0) is 14.3 Å². The Balaban J connectivity index is 1.74. The van der Waals surface area contributed by atoms with Crippen LogP contribution < -0.4 is 9.64 Å². The minimum atomic E-state index is -0.656. The number of nitro groups is 1. The Morgan fingerprint density at radius 2 is 1.75 bits per heavy atom. The van der Waals surface area contributed by atoms with E-state index >= 15 is 0 Å². The number of anilines is 1. The van der Waals surface area contributed by atoms with Crippen LogP contribution >= 0.6 is 0 Å². The Morgan fingerprint density at radius 1 is 1.03 bits per heavy atom. The van der Waals surface area contributed by atoms with Gasteiger partial charge >= 0.3 is 12.1 Å². The van der Waals surface area contributed by atoms with Gasteiger partial charge in [-0.3, -0.25) is 20.0 Å². The Morgan fingerprint density at radius 3 is 2.36 bits per heavy atom. The molecule has 0 aliphatic carbocycles. The lowest BCUT2D eigenvalue weighted by atomic mass is 10.1. The molecular formula is C26H25N3O7. The number of esters is 1. The summed E-state index contributed by atoms with van der Waals surface area (Å²) >= 11 is 0. The molecule has 0 N–H and O–H groups in total. The molecule has 0 saturated heterocycles. The first-order chi connectivity index (χ1) is 17.3. The van der Waals surface area contributed by atoms with Gasteiger partial charge in [0.1, 0.15) is 5.75 Å². The molecule has 10 nitrogen and oxygen atoms in total. The standard InChI is InChI=1S/C26H25N3O7/c1-4-34-24(25(30)35-5-2)15-18-9-14-23(27-17-18)19-7-6-8-21(16-19)28(3)26(31)36-22-12-10-20(11-13-22)29(32)33/h6-17H,4-5H2,1-3H3/b24-15-. The molecule has 10 heteroatoms. The summed E-state index contributed by atoms with van der Waals surface area (Å²) in [5, 5.41) is 10.8. The largest absolute Gasteiger partial charge is 0.487 e. The summed E-state index contributed by atoms with van der Waals surface area (Å²) in [6.45, 7) is 4.06. The number of ether oxygens (including phenoxy) is 3. The highest BCUT2D eigenvalue weighted by molar-refractivity contribution is 5.91. The van der Waals surface area contributed by atoms with Gasteiger partial charge in [0.05, 0.1) is 23.8 Å². The van der Waals surface area contributed by atoms with Crippen molar-refractivity contribution in [2.75, 3.05) is 25.2 Å². The van der Waals surface area contributed by atoms with Crippen molar-refractivity contribution in [1.82, 2.24) is 4.98 Å². The summed E-state index contributed by atoms with van der Waals surface area (Å²) in [5.41, 5.74) is 2.54. The molecule has 3 rings (SSSR count). The number of hydrogen-bond donors (Lipinski definition) is 0. The molecule has 0 radical (unpaired) electrons. The molecule has 0 atom stereocenters. The van der Waals surface area contributed by atoms with Gasteiger partial charge in [-0.1, -0.05) is 18.2 Å². The Kier molecular flexibility index (Phi) is 8.71. The zero-order chi connectivity index (χ0) is 26.1. The van der Waals surface area contributed by atoms with Gasteiger partial charge in [0.25, 0.3) is 5.69 Å². The molecular weight excluding hydrogens is 466 g/mol. The molecule has 1 aromatic heterocycles. The number of carbonyl (C=O) groups excluding carboxylic acids is 2. The molecule has 0 bridgehead atoms. The van der Waals surface area contributed by atoms with Crippen LogP contribution in [0.2, 0.25) is 0 Å². The molecule has 0 aliphatic heterocycles. The average Bonchev–Trinajstić information content (AvgIpc) is 2.89. The van der Waals surface area contributed by atoms with Crippen LogP contribution in [0.4, 0.5) is 16.2 Å². The molecule has 0 spiro atoms. The second-order valence-corrected chi connectivity index (χ2v) is 7.37. The van der Waals surface area contributed by atoms with Crippen LogP contribution in [0, 0.1) is 10.1 Å². The molecule has 0 fully saturated rings. The zero-order valence-corrected chi connectivity index (χ0v) is 20.0. The van der Waals surface area contributed by atoms with Crippen molar-refractivity contribution in [3.8, 4) is 17.0 Å². The topological polar surface area (TPSA) is 121 Å². The normalized spacial score (nSPS) is 10.9. The Labute approximate surface area is 207 Å². The predicted octanol–water partition coefficient (Wildman–Crippen LogP) is 5.23. The molecule has 1 amide bonds. The number of aromatic nitrogens is 1. The lowest BCUT2D eigenvalue weighted by Gasteiger charge is -2.17. The van der Waals surface area contributed by atoms with Crippen molar-refractivity contribution in [2.45, 2.75) is 13.8 Å². The fourth-order valence-corrected chi connectivity index (χ4v) is 3.11. The molecule has 1 heterocycles. The number of carbonyl (C=O) groups is 2. The van der Waals surface area contributed by atoms with E-state index in [0.29, 0.717) is 23.6 Å².